The van der Waals surface area contributed by atoms with Gasteiger partial charge in [0.1, 0.15) is 0 Å². The Morgan fingerprint density at radius 2 is 1.57 bits per heavy atom. The van der Waals surface area contributed by atoms with E-state index in [9.17, 15) is 9.59 Å². The van der Waals surface area contributed by atoms with Crippen molar-refractivity contribution in [2.45, 2.75) is 13.3 Å². The van der Waals surface area contributed by atoms with Gasteiger partial charge < -0.3 is 10.3 Å². The molecule has 3 aromatic carbocycles. The summed E-state index contributed by atoms with van der Waals surface area (Å²) in [5, 5.41) is 3.97. The number of ketones is 1. The second-order valence-electron chi connectivity index (χ2n) is 6.78. The van der Waals surface area contributed by atoms with Crippen LogP contribution in [0.3, 0.4) is 0 Å². The first-order valence-corrected chi connectivity index (χ1v) is 9.17. The Kier molecular flexibility index (Phi) is 4.77. The molecule has 0 aliphatic heterocycles. The van der Waals surface area contributed by atoms with E-state index in [0.717, 1.165) is 22.2 Å². The van der Waals surface area contributed by atoms with E-state index in [1.807, 2.05) is 49.4 Å². The first-order valence-electron chi connectivity index (χ1n) is 9.17. The number of aromatic nitrogens is 1. The molecule has 28 heavy (non-hydrogen) atoms. The molecule has 0 fully saturated rings. The smallest absolute Gasteiger partial charge is 0.228 e. The normalized spacial score (nSPS) is 10.8. The highest BCUT2D eigenvalue weighted by Gasteiger charge is 2.14. The molecule has 4 heteroatoms. The van der Waals surface area contributed by atoms with Crippen molar-refractivity contribution >= 4 is 28.3 Å². The van der Waals surface area contributed by atoms with Crippen LogP contribution in [0.2, 0.25) is 0 Å². The van der Waals surface area contributed by atoms with Crippen molar-refractivity contribution in [2.75, 3.05) is 5.32 Å². The molecule has 4 rings (SSSR count). The van der Waals surface area contributed by atoms with Crippen molar-refractivity contribution in [1.82, 2.24) is 4.98 Å². The van der Waals surface area contributed by atoms with Gasteiger partial charge in [-0.25, -0.2) is 0 Å². The van der Waals surface area contributed by atoms with Gasteiger partial charge in [0, 0.05) is 33.4 Å². The molecule has 0 radical (unpaired) electrons. The molecule has 4 aromatic rings. The lowest BCUT2D eigenvalue weighted by Crippen LogP contribution is -2.15. The van der Waals surface area contributed by atoms with Crippen molar-refractivity contribution in [1.29, 1.82) is 0 Å². The molecule has 0 bridgehead atoms. The summed E-state index contributed by atoms with van der Waals surface area (Å²) < 4.78 is 0. The second-order valence-corrected chi connectivity index (χ2v) is 6.78. The number of benzene rings is 3. The van der Waals surface area contributed by atoms with Crippen LogP contribution in [-0.2, 0) is 11.2 Å². The number of amides is 1. The Balaban J connectivity index is 1.52. The zero-order valence-corrected chi connectivity index (χ0v) is 15.5. The fourth-order valence-electron chi connectivity index (χ4n) is 3.42. The lowest BCUT2D eigenvalue weighted by molar-refractivity contribution is -0.115. The molecule has 0 unspecified atom stereocenters. The highest BCUT2D eigenvalue weighted by Crippen LogP contribution is 2.23. The fraction of sp³-hybridized carbons (Fsp3) is 0.0833. The van der Waals surface area contributed by atoms with Crippen LogP contribution in [0.5, 0.6) is 0 Å². The minimum atomic E-state index is -0.114. The van der Waals surface area contributed by atoms with Crippen LogP contribution in [0.15, 0.2) is 78.9 Å². The third kappa shape index (κ3) is 3.58. The summed E-state index contributed by atoms with van der Waals surface area (Å²) in [5.41, 5.74) is 4.80. The van der Waals surface area contributed by atoms with E-state index in [0.29, 0.717) is 16.8 Å². The highest BCUT2D eigenvalue weighted by atomic mass is 16.1. The minimum Gasteiger partial charge on any atom is -0.358 e. The van der Waals surface area contributed by atoms with Gasteiger partial charge in [-0.3, -0.25) is 9.59 Å². The van der Waals surface area contributed by atoms with E-state index < -0.39 is 0 Å². The van der Waals surface area contributed by atoms with Gasteiger partial charge in [-0.1, -0.05) is 60.7 Å². The van der Waals surface area contributed by atoms with E-state index in [1.165, 1.54) is 0 Å². The quantitative estimate of drug-likeness (QED) is 0.493. The number of para-hydroxylation sites is 1. The number of hydrogen-bond donors (Lipinski definition) is 2. The molecule has 4 nitrogen and oxygen atoms in total. The van der Waals surface area contributed by atoms with Crippen LogP contribution >= 0.6 is 0 Å². The van der Waals surface area contributed by atoms with Crippen LogP contribution in [0.25, 0.3) is 10.9 Å². The number of carbonyl (C=O) groups is 2. The van der Waals surface area contributed by atoms with Gasteiger partial charge in [0.2, 0.25) is 5.91 Å². The number of hydrogen-bond acceptors (Lipinski definition) is 2. The van der Waals surface area contributed by atoms with Crippen molar-refractivity contribution in [3.63, 3.8) is 0 Å². The van der Waals surface area contributed by atoms with E-state index in [-0.39, 0.29) is 18.1 Å². The number of aromatic amines is 1. The van der Waals surface area contributed by atoms with Gasteiger partial charge in [-0.2, -0.15) is 0 Å². The summed E-state index contributed by atoms with van der Waals surface area (Å²) in [6.45, 7) is 1.97. The second kappa shape index (κ2) is 7.53. The predicted molar refractivity (Wildman–Crippen MR) is 112 cm³/mol. The summed E-state index contributed by atoms with van der Waals surface area (Å²) in [7, 11) is 0. The van der Waals surface area contributed by atoms with Gasteiger partial charge in [0.05, 0.1) is 6.42 Å². The minimum absolute atomic E-state index is 0.0656. The van der Waals surface area contributed by atoms with Crippen molar-refractivity contribution in [3.8, 4) is 0 Å². The molecule has 0 aliphatic rings. The van der Waals surface area contributed by atoms with Gasteiger partial charge in [-0.05, 0) is 30.7 Å². The maximum atomic E-state index is 12.6. The third-order valence-electron chi connectivity index (χ3n) is 4.81. The molecule has 0 aliphatic carbocycles. The van der Waals surface area contributed by atoms with E-state index >= 15 is 0 Å². The number of rotatable bonds is 5. The summed E-state index contributed by atoms with van der Waals surface area (Å²) in [6, 6.07) is 24.1. The summed E-state index contributed by atoms with van der Waals surface area (Å²) in [6.07, 6.45) is 0.271. The highest BCUT2D eigenvalue weighted by molar-refractivity contribution is 6.09. The van der Waals surface area contributed by atoms with E-state index in [2.05, 4.69) is 10.3 Å². The molecule has 1 amide bonds. The molecule has 2 N–H and O–H groups in total. The molecular formula is C24H20N2O2. The van der Waals surface area contributed by atoms with Crippen molar-refractivity contribution in [3.05, 3.63) is 101 Å². The molecule has 0 spiro atoms. The number of carbonyl (C=O) groups excluding carboxylic acids is 2. The topological polar surface area (TPSA) is 62.0 Å². The lowest BCUT2D eigenvalue weighted by atomic mass is 10.0. The average Bonchev–Trinajstić information content (AvgIpc) is 3.03. The van der Waals surface area contributed by atoms with Crippen LogP contribution < -0.4 is 5.32 Å². The Morgan fingerprint density at radius 1 is 0.857 bits per heavy atom. The first kappa shape index (κ1) is 17.7. The molecule has 0 saturated heterocycles. The number of anilines is 1. The first-order chi connectivity index (χ1) is 13.6. The zero-order valence-electron chi connectivity index (χ0n) is 15.5. The van der Waals surface area contributed by atoms with Crippen molar-refractivity contribution in [2.24, 2.45) is 0 Å². The number of fused-ring (bicyclic) bond motifs is 1. The Hall–Kier alpha value is -3.66. The maximum absolute atomic E-state index is 12.6. The SMILES string of the molecule is Cc1[nH]c2ccccc2c1CC(=O)Nc1cccc(C(=O)c2ccccc2)c1. The summed E-state index contributed by atoms with van der Waals surface area (Å²) in [4.78, 5) is 28.5. The van der Waals surface area contributed by atoms with Gasteiger partial charge in [0.15, 0.2) is 5.78 Å². The van der Waals surface area contributed by atoms with Gasteiger partial charge in [-0.15, -0.1) is 0 Å². The standard InChI is InChI=1S/C24H20N2O2/c1-16-21(20-12-5-6-13-22(20)25-16)15-23(27)26-19-11-7-10-18(14-19)24(28)17-8-3-2-4-9-17/h2-14,25H,15H2,1H3,(H,26,27). The van der Waals surface area contributed by atoms with Crippen LogP contribution in [0.4, 0.5) is 5.69 Å². The Morgan fingerprint density at radius 3 is 2.39 bits per heavy atom. The van der Waals surface area contributed by atoms with E-state index in [4.69, 9.17) is 0 Å². The number of nitrogens with one attached hydrogen (secondary N) is 2. The van der Waals surface area contributed by atoms with Gasteiger partial charge >= 0.3 is 0 Å². The summed E-state index contributed by atoms with van der Waals surface area (Å²) >= 11 is 0. The maximum Gasteiger partial charge on any atom is 0.228 e. The Bertz CT molecular complexity index is 1160. The van der Waals surface area contributed by atoms with Crippen LogP contribution in [0, 0.1) is 6.92 Å². The Labute approximate surface area is 163 Å². The monoisotopic (exact) mass is 368 g/mol. The molecule has 1 heterocycles. The molecule has 0 atom stereocenters. The molecule has 1 aromatic heterocycles. The largest absolute Gasteiger partial charge is 0.358 e. The van der Waals surface area contributed by atoms with Crippen LogP contribution in [-0.4, -0.2) is 16.7 Å². The van der Waals surface area contributed by atoms with Gasteiger partial charge in [0.25, 0.3) is 0 Å². The average molecular weight is 368 g/mol. The fourth-order valence-corrected chi connectivity index (χ4v) is 3.42. The molecule has 138 valence electrons. The zero-order chi connectivity index (χ0) is 19.5. The number of H-pyrrole nitrogens is 1. The lowest BCUT2D eigenvalue weighted by Gasteiger charge is -2.08. The number of aryl methyl sites for hydroxylation is 1. The van der Waals surface area contributed by atoms with Crippen molar-refractivity contribution < 1.29 is 9.59 Å². The van der Waals surface area contributed by atoms with E-state index in [1.54, 1.807) is 36.4 Å². The third-order valence-corrected chi connectivity index (χ3v) is 4.81. The summed E-state index contributed by atoms with van der Waals surface area (Å²) in [5.74, 6) is -0.179. The molecule has 0 saturated carbocycles. The van der Waals surface area contributed by atoms with Crippen LogP contribution in [0.1, 0.15) is 27.2 Å². The molecular weight excluding hydrogens is 348 g/mol. The predicted octanol–water partition coefficient (Wildman–Crippen LogP) is 4.89.